The van der Waals surface area contributed by atoms with Crippen molar-refractivity contribution in [1.82, 2.24) is 4.98 Å². The number of carbonyl (C=O) groups excluding carboxylic acids is 1. The first-order valence-electron chi connectivity index (χ1n) is 13.1. The molecule has 5 rings (SSSR count). The summed E-state index contributed by atoms with van der Waals surface area (Å²) in [4.78, 5) is 15.5. The Morgan fingerprint density at radius 2 is 1.91 bits per heavy atom. The van der Waals surface area contributed by atoms with Gasteiger partial charge in [-0.25, -0.2) is 10.8 Å². The van der Waals surface area contributed by atoms with Gasteiger partial charge >= 0.3 is 0 Å². The number of fused-ring (bicyclic) bond motifs is 5. The third kappa shape index (κ3) is 4.30. The molecule has 4 saturated carbocycles. The SMILES string of the molecule is CC1CCC2C(CCC3C2CCC2(C)C(C=O)CCC32)C1.CCN(N)c1ncccc1N. The molecule has 4 N–H and O–H groups in total. The van der Waals surface area contributed by atoms with Crippen LogP contribution < -0.4 is 16.6 Å². The topological polar surface area (TPSA) is 85.2 Å². The van der Waals surface area contributed by atoms with Crippen LogP contribution in [0.15, 0.2) is 18.3 Å². The third-order valence-corrected chi connectivity index (χ3v) is 9.88. The molecule has 4 fully saturated rings. The summed E-state index contributed by atoms with van der Waals surface area (Å²) in [6.45, 7) is 7.55. The maximum absolute atomic E-state index is 11.5. The molecule has 0 bridgehead atoms. The van der Waals surface area contributed by atoms with Crippen LogP contribution in [-0.4, -0.2) is 17.8 Å². The van der Waals surface area contributed by atoms with Gasteiger partial charge < -0.3 is 10.5 Å². The second-order valence-electron chi connectivity index (χ2n) is 11.4. The van der Waals surface area contributed by atoms with Gasteiger partial charge in [0.2, 0.25) is 0 Å². The molecule has 8 unspecified atom stereocenters. The van der Waals surface area contributed by atoms with Crippen LogP contribution in [0.4, 0.5) is 11.5 Å². The Kier molecular flexibility index (Phi) is 7.14. The van der Waals surface area contributed by atoms with Crippen molar-refractivity contribution >= 4 is 17.8 Å². The zero-order chi connectivity index (χ0) is 22.9. The molecule has 0 saturated heterocycles. The van der Waals surface area contributed by atoms with Crippen molar-refractivity contribution < 1.29 is 4.79 Å². The number of nitrogens with two attached hydrogens (primary N) is 2. The molecule has 0 aliphatic heterocycles. The average Bonchev–Trinajstić information content (AvgIpc) is 3.15. The van der Waals surface area contributed by atoms with E-state index >= 15 is 0 Å². The number of pyridine rings is 1. The molecule has 4 aliphatic carbocycles. The van der Waals surface area contributed by atoms with Crippen molar-refractivity contribution in [2.75, 3.05) is 17.3 Å². The Hall–Kier alpha value is -1.62. The first-order valence-corrected chi connectivity index (χ1v) is 13.1. The van der Waals surface area contributed by atoms with Crippen LogP contribution in [0.5, 0.6) is 0 Å². The number of hydrogen-bond acceptors (Lipinski definition) is 5. The maximum atomic E-state index is 11.5. The largest absolute Gasteiger partial charge is 0.396 e. The molecule has 5 heteroatoms. The Morgan fingerprint density at radius 1 is 1.12 bits per heavy atom. The maximum Gasteiger partial charge on any atom is 0.165 e. The van der Waals surface area contributed by atoms with Gasteiger partial charge in [0, 0.05) is 18.7 Å². The van der Waals surface area contributed by atoms with Gasteiger partial charge in [-0.1, -0.05) is 20.3 Å². The summed E-state index contributed by atoms with van der Waals surface area (Å²) in [5.41, 5.74) is 6.58. The molecule has 178 valence electrons. The van der Waals surface area contributed by atoms with Crippen molar-refractivity contribution in [3.05, 3.63) is 18.3 Å². The quantitative estimate of drug-likeness (QED) is 0.371. The van der Waals surface area contributed by atoms with Gasteiger partial charge in [-0.05, 0) is 111 Å². The molecule has 0 amide bonds. The molecule has 0 aromatic carbocycles. The average molecular weight is 441 g/mol. The molecule has 1 aromatic rings. The van der Waals surface area contributed by atoms with E-state index in [1.807, 2.05) is 6.92 Å². The van der Waals surface area contributed by atoms with Crippen LogP contribution in [0.2, 0.25) is 0 Å². The fraction of sp³-hybridized carbons (Fsp3) is 0.778. The minimum atomic E-state index is 0.359. The Morgan fingerprint density at radius 3 is 2.62 bits per heavy atom. The predicted molar refractivity (Wildman–Crippen MR) is 132 cm³/mol. The molecular weight excluding hydrogens is 396 g/mol. The lowest BCUT2D eigenvalue weighted by Gasteiger charge is -2.56. The van der Waals surface area contributed by atoms with E-state index in [4.69, 9.17) is 11.6 Å². The van der Waals surface area contributed by atoms with E-state index in [1.165, 1.54) is 69.1 Å². The zero-order valence-corrected chi connectivity index (χ0v) is 20.4. The summed E-state index contributed by atoms with van der Waals surface area (Å²) < 4.78 is 0. The van der Waals surface area contributed by atoms with Gasteiger partial charge in [-0.2, -0.15) is 0 Å². The summed E-state index contributed by atoms with van der Waals surface area (Å²) in [5.74, 6) is 12.5. The normalized spacial score (nSPS) is 40.2. The lowest BCUT2D eigenvalue weighted by atomic mass is 9.49. The van der Waals surface area contributed by atoms with Crippen LogP contribution in [0.1, 0.15) is 78.6 Å². The Balaban J connectivity index is 0.000000189. The lowest BCUT2D eigenvalue weighted by Crippen LogP contribution is -2.48. The summed E-state index contributed by atoms with van der Waals surface area (Å²) in [6, 6.07) is 3.56. The highest BCUT2D eigenvalue weighted by Gasteiger charge is 2.56. The zero-order valence-electron chi connectivity index (χ0n) is 20.4. The van der Waals surface area contributed by atoms with Crippen LogP contribution in [-0.2, 0) is 4.79 Å². The van der Waals surface area contributed by atoms with E-state index in [-0.39, 0.29) is 0 Å². The molecule has 1 aromatic heterocycles. The van der Waals surface area contributed by atoms with Crippen LogP contribution >= 0.6 is 0 Å². The van der Waals surface area contributed by atoms with E-state index in [9.17, 15) is 4.79 Å². The predicted octanol–water partition coefficient (Wildman–Crippen LogP) is 5.45. The van der Waals surface area contributed by atoms with Gasteiger partial charge in [0.15, 0.2) is 5.82 Å². The van der Waals surface area contributed by atoms with Crippen molar-refractivity contribution in [2.24, 2.45) is 52.7 Å². The Labute approximate surface area is 194 Å². The molecular formula is C27H44N4O. The van der Waals surface area contributed by atoms with Gasteiger partial charge in [-0.3, -0.25) is 5.01 Å². The van der Waals surface area contributed by atoms with Crippen molar-refractivity contribution in [1.29, 1.82) is 0 Å². The third-order valence-electron chi connectivity index (χ3n) is 9.88. The molecule has 4 aliphatic rings. The molecule has 1 heterocycles. The fourth-order valence-corrected chi connectivity index (χ4v) is 8.15. The molecule has 0 spiro atoms. The summed E-state index contributed by atoms with van der Waals surface area (Å²) >= 11 is 0. The summed E-state index contributed by atoms with van der Waals surface area (Å²) in [6.07, 6.45) is 15.7. The van der Waals surface area contributed by atoms with Gasteiger partial charge in [-0.15, -0.1) is 0 Å². The standard InChI is InChI=1S/C20H32O.C7H12N4/c1-13-3-6-16-14(11-13)4-7-18-17(16)9-10-20(2)15(12-21)5-8-19(18)20;1-2-11(9)7-6(8)4-3-5-10-7/h12-19H,3-11H2,1-2H3;3-5H,2,8-9H2,1H3. The monoisotopic (exact) mass is 440 g/mol. The molecule has 5 nitrogen and oxygen atoms in total. The second-order valence-corrected chi connectivity index (χ2v) is 11.4. The first-order chi connectivity index (χ1) is 15.4. The lowest BCUT2D eigenvalue weighted by molar-refractivity contribution is -0.118. The van der Waals surface area contributed by atoms with Crippen LogP contribution in [0.25, 0.3) is 0 Å². The van der Waals surface area contributed by atoms with Gasteiger partial charge in [0.25, 0.3) is 0 Å². The number of aromatic nitrogens is 1. The van der Waals surface area contributed by atoms with E-state index in [1.54, 1.807) is 18.3 Å². The fourth-order valence-electron chi connectivity index (χ4n) is 8.15. The van der Waals surface area contributed by atoms with Crippen molar-refractivity contribution in [3.8, 4) is 0 Å². The number of hydrazine groups is 1. The smallest absolute Gasteiger partial charge is 0.165 e. The minimum absolute atomic E-state index is 0.359. The van der Waals surface area contributed by atoms with Crippen molar-refractivity contribution in [3.63, 3.8) is 0 Å². The number of hydrogen-bond donors (Lipinski definition) is 2. The first kappa shape index (κ1) is 23.5. The number of carbonyl (C=O) groups is 1. The molecule has 32 heavy (non-hydrogen) atoms. The number of rotatable bonds is 3. The van der Waals surface area contributed by atoms with E-state index in [0.29, 0.717) is 29.4 Å². The number of aldehydes is 1. The van der Waals surface area contributed by atoms with Crippen LogP contribution in [0, 0.1) is 46.8 Å². The summed E-state index contributed by atoms with van der Waals surface area (Å²) in [5, 5.41) is 1.51. The highest BCUT2D eigenvalue weighted by atomic mass is 16.1. The van der Waals surface area contributed by atoms with E-state index < -0.39 is 0 Å². The van der Waals surface area contributed by atoms with Crippen molar-refractivity contribution in [2.45, 2.75) is 78.6 Å². The highest BCUT2D eigenvalue weighted by molar-refractivity contribution is 5.61. The molecule has 0 radical (unpaired) electrons. The number of anilines is 2. The Bertz CT molecular complexity index is 785. The second kappa shape index (κ2) is 9.70. The highest BCUT2D eigenvalue weighted by Crippen LogP contribution is 2.64. The van der Waals surface area contributed by atoms with E-state index in [0.717, 1.165) is 35.5 Å². The number of nitrogen functional groups attached to an aromatic ring is 1. The summed E-state index contributed by atoms with van der Waals surface area (Å²) in [7, 11) is 0. The van der Waals surface area contributed by atoms with E-state index in [2.05, 4.69) is 18.8 Å². The van der Waals surface area contributed by atoms with Crippen LogP contribution in [0.3, 0.4) is 0 Å². The number of nitrogens with zero attached hydrogens (tertiary/aromatic N) is 2. The van der Waals surface area contributed by atoms with Gasteiger partial charge in [0.05, 0.1) is 5.69 Å². The van der Waals surface area contributed by atoms with Gasteiger partial charge in [0.1, 0.15) is 6.29 Å². The molecule has 8 atom stereocenters. The minimum Gasteiger partial charge on any atom is -0.396 e.